The van der Waals surface area contributed by atoms with Crippen molar-refractivity contribution in [2.75, 3.05) is 10.7 Å². The number of ether oxygens (including phenoxy) is 2. The lowest BCUT2D eigenvalue weighted by atomic mass is 9.85. The molecule has 2 aliphatic heterocycles. The molecule has 4 aromatic carbocycles. The standard InChI is InChI=1S/C19H14Br2O3.C19H15BrO3/c20-8-17(22)11-1-3-13-12(5-11)9-24-18-7-14-10(6-15(13)18)2-4-16(21)19(14)23;20-9-18(22)12-4-5-14-13(6-12)10-23-19-8-15-11(7-16(14)19)2-1-3-17(15)21/h1,3,5-7,16H,2,4,8-9H2;4-8H,1-3,9-10H2. The number of benzene rings is 4. The molecule has 0 N–H and O–H groups in total. The Bertz CT molecular complexity index is 2000. The fourth-order valence-electron chi connectivity index (χ4n) is 6.73. The molecule has 0 saturated heterocycles. The third-order valence-electron chi connectivity index (χ3n) is 9.22. The van der Waals surface area contributed by atoms with E-state index in [2.05, 4.69) is 59.9 Å². The van der Waals surface area contributed by atoms with E-state index in [1.54, 1.807) is 0 Å². The lowest BCUT2D eigenvalue weighted by molar-refractivity contribution is 0.0967. The lowest BCUT2D eigenvalue weighted by Crippen LogP contribution is -2.23. The van der Waals surface area contributed by atoms with E-state index in [-0.39, 0.29) is 28.0 Å². The molecule has 238 valence electrons. The maximum Gasteiger partial charge on any atom is 0.176 e. The Morgan fingerprint density at radius 1 is 0.617 bits per heavy atom. The highest BCUT2D eigenvalue weighted by molar-refractivity contribution is 9.10. The van der Waals surface area contributed by atoms with Gasteiger partial charge in [0, 0.05) is 39.8 Å². The van der Waals surface area contributed by atoms with E-state index in [1.165, 1.54) is 0 Å². The molecule has 4 aromatic rings. The van der Waals surface area contributed by atoms with Crippen LogP contribution in [0.5, 0.6) is 11.5 Å². The van der Waals surface area contributed by atoms with Gasteiger partial charge in [0.05, 0.1) is 15.5 Å². The van der Waals surface area contributed by atoms with Gasteiger partial charge in [-0.3, -0.25) is 19.2 Å². The van der Waals surface area contributed by atoms with E-state index in [0.717, 1.165) is 92.8 Å². The van der Waals surface area contributed by atoms with Crippen molar-refractivity contribution in [2.45, 2.75) is 50.1 Å². The molecular formula is C38H29Br3O6. The first-order valence-corrected chi connectivity index (χ1v) is 18.7. The van der Waals surface area contributed by atoms with Crippen LogP contribution < -0.4 is 9.47 Å². The molecule has 0 amide bonds. The number of fused-ring (bicyclic) bond motifs is 8. The highest BCUT2D eigenvalue weighted by Crippen LogP contribution is 2.43. The molecule has 4 aliphatic rings. The predicted molar refractivity (Wildman–Crippen MR) is 191 cm³/mol. The molecule has 6 nitrogen and oxygen atoms in total. The normalized spacial score (nSPS) is 16.8. The minimum Gasteiger partial charge on any atom is -0.488 e. The molecule has 0 fully saturated rings. The predicted octanol–water partition coefficient (Wildman–Crippen LogP) is 9.06. The summed E-state index contributed by atoms with van der Waals surface area (Å²) < 4.78 is 11.7. The van der Waals surface area contributed by atoms with Crippen molar-refractivity contribution >= 4 is 70.9 Å². The second-order valence-electron chi connectivity index (χ2n) is 12.1. The van der Waals surface area contributed by atoms with Crippen LogP contribution in [0.1, 0.15) is 82.9 Å². The molecular weight excluding hydrogens is 792 g/mol. The number of hydrogen-bond donors (Lipinski definition) is 0. The molecule has 1 unspecified atom stereocenters. The van der Waals surface area contributed by atoms with E-state index >= 15 is 0 Å². The van der Waals surface area contributed by atoms with Crippen molar-refractivity contribution in [2.24, 2.45) is 0 Å². The smallest absolute Gasteiger partial charge is 0.176 e. The number of aryl methyl sites for hydroxylation is 2. The lowest BCUT2D eigenvalue weighted by Gasteiger charge is -2.26. The third kappa shape index (κ3) is 6.07. The zero-order valence-corrected chi connectivity index (χ0v) is 30.1. The Hall–Kier alpha value is -3.40. The summed E-state index contributed by atoms with van der Waals surface area (Å²) in [6.45, 7) is 0.842. The van der Waals surface area contributed by atoms with Crippen LogP contribution in [0.3, 0.4) is 0 Å². The first kappa shape index (κ1) is 32.2. The second kappa shape index (κ2) is 13.2. The van der Waals surface area contributed by atoms with Crippen LogP contribution in [-0.2, 0) is 26.1 Å². The Morgan fingerprint density at radius 3 is 1.70 bits per heavy atom. The molecule has 0 aromatic heterocycles. The van der Waals surface area contributed by atoms with Gasteiger partial charge in [0.25, 0.3) is 0 Å². The van der Waals surface area contributed by atoms with E-state index in [0.29, 0.717) is 41.4 Å². The van der Waals surface area contributed by atoms with Crippen LogP contribution in [0, 0.1) is 0 Å². The van der Waals surface area contributed by atoms with Gasteiger partial charge in [-0.25, -0.2) is 0 Å². The Morgan fingerprint density at radius 2 is 1.15 bits per heavy atom. The number of carbonyl (C=O) groups is 4. The van der Waals surface area contributed by atoms with E-state index in [4.69, 9.17) is 9.47 Å². The molecule has 0 radical (unpaired) electrons. The van der Waals surface area contributed by atoms with Crippen molar-refractivity contribution in [3.8, 4) is 33.8 Å². The summed E-state index contributed by atoms with van der Waals surface area (Å²) >= 11 is 9.86. The average molecular weight is 821 g/mol. The quantitative estimate of drug-likeness (QED) is 0.151. The summed E-state index contributed by atoms with van der Waals surface area (Å²) in [4.78, 5) is 48.0. The fourth-order valence-corrected chi connectivity index (χ4v) is 7.85. The number of halogens is 3. The molecule has 47 heavy (non-hydrogen) atoms. The maximum atomic E-state index is 12.4. The Kier molecular flexibility index (Phi) is 9.06. The van der Waals surface area contributed by atoms with Gasteiger partial charge < -0.3 is 9.47 Å². The Labute approximate surface area is 297 Å². The molecule has 0 bridgehead atoms. The highest BCUT2D eigenvalue weighted by Gasteiger charge is 2.29. The van der Waals surface area contributed by atoms with Crippen molar-refractivity contribution in [3.05, 3.63) is 105 Å². The highest BCUT2D eigenvalue weighted by atomic mass is 79.9. The topological polar surface area (TPSA) is 86.7 Å². The van der Waals surface area contributed by atoms with Crippen molar-refractivity contribution in [1.82, 2.24) is 0 Å². The summed E-state index contributed by atoms with van der Waals surface area (Å²) in [5.74, 6) is 1.98. The van der Waals surface area contributed by atoms with E-state index < -0.39 is 0 Å². The van der Waals surface area contributed by atoms with Gasteiger partial charge in [-0.15, -0.1) is 0 Å². The summed E-state index contributed by atoms with van der Waals surface area (Å²) in [7, 11) is 0. The minimum atomic E-state index is -0.100. The Balaban J connectivity index is 0.000000150. The van der Waals surface area contributed by atoms with Gasteiger partial charge >= 0.3 is 0 Å². The monoisotopic (exact) mass is 818 g/mol. The number of carbonyl (C=O) groups excluding carboxylic acids is 4. The zero-order valence-electron chi connectivity index (χ0n) is 25.3. The van der Waals surface area contributed by atoms with Gasteiger partial charge in [0.15, 0.2) is 23.1 Å². The van der Waals surface area contributed by atoms with Gasteiger partial charge in [-0.05, 0) is 95.5 Å². The van der Waals surface area contributed by atoms with Crippen molar-refractivity contribution in [1.29, 1.82) is 0 Å². The van der Waals surface area contributed by atoms with Crippen molar-refractivity contribution < 1.29 is 28.7 Å². The molecule has 2 aliphatic carbocycles. The first-order chi connectivity index (χ1) is 22.7. The maximum absolute atomic E-state index is 12.4. The molecule has 9 heteroatoms. The molecule has 1 atom stereocenters. The number of alkyl halides is 3. The largest absolute Gasteiger partial charge is 0.488 e. The minimum absolute atomic E-state index is 0.0583. The van der Waals surface area contributed by atoms with Crippen LogP contribution >= 0.6 is 47.8 Å². The molecule has 2 heterocycles. The number of rotatable bonds is 4. The van der Waals surface area contributed by atoms with Gasteiger partial charge in [0.2, 0.25) is 0 Å². The third-order valence-corrected chi connectivity index (χ3v) is 11.1. The second-order valence-corrected chi connectivity index (χ2v) is 14.3. The van der Waals surface area contributed by atoms with E-state index in [1.807, 2.05) is 48.5 Å². The SMILES string of the molecule is O=C(CBr)c1ccc2c(c1)COc1cc3c(cc1-2)CCC(Br)C3=O.O=C(CBr)c1ccc2c(c1)COc1cc3c(cc1-2)CCCC3=O. The fraction of sp³-hybridized carbons (Fsp3) is 0.263. The van der Waals surface area contributed by atoms with E-state index in [9.17, 15) is 19.2 Å². The van der Waals surface area contributed by atoms with Crippen LogP contribution in [-0.4, -0.2) is 38.6 Å². The van der Waals surface area contributed by atoms with Gasteiger partial charge in [-0.1, -0.05) is 72.1 Å². The number of ketones is 4. The van der Waals surface area contributed by atoms with Crippen LogP contribution in [0.4, 0.5) is 0 Å². The first-order valence-electron chi connectivity index (χ1n) is 15.5. The van der Waals surface area contributed by atoms with Crippen LogP contribution in [0.25, 0.3) is 22.3 Å². The molecule has 0 saturated carbocycles. The molecule has 0 spiro atoms. The van der Waals surface area contributed by atoms with Gasteiger partial charge in [-0.2, -0.15) is 0 Å². The average Bonchev–Trinajstić information content (AvgIpc) is 3.11. The van der Waals surface area contributed by atoms with Crippen LogP contribution in [0.2, 0.25) is 0 Å². The number of hydrogen-bond acceptors (Lipinski definition) is 6. The number of Topliss-reactive ketones (excluding diaryl/α,β-unsaturated/α-hetero) is 4. The zero-order chi connectivity index (χ0) is 32.8. The van der Waals surface area contributed by atoms with Crippen LogP contribution in [0.15, 0.2) is 60.7 Å². The summed E-state index contributed by atoms with van der Waals surface area (Å²) in [5.41, 5.74) is 11.4. The van der Waals surface area contributed by atoms with Gasteiger partial charge in [0.1, 0.15) is 24.7 Å². The summed E-state index contributed by atoms with van der Waals surface area (Å²) in [6.07, 6.45) is 4.16. The summed E-state index contributed by atoms with van der Waals surface area (Å²) in [6, 6.07) is 19.4. The summed E-state index contributed by atoms with van der Waals surface area (Å²) in [5, 5.41) is 0.630. The molecule has 8 rings (SSSR count). The van der Waals surface area contributed by atoms with Crippen molar-refractivity contribution in [3.63, 3.8) is 0 Å².